The molecular weight excluding hydrogens is 240 g/mol. The number of hydrogen-bond donors (Lipinski definition) is 0. The highest BCUT2D eigenvalue weighted by Crippen LogP contribution is 2.05. The summed E-state index contributed by atoms with van der Waals surface area (Å²) in [5.74, 6) is 0.817. The molecule has 1 aliphatic rings. The Labute approximate surface area is 116 Å². The van der Waals surface area contributed by atoms with Crippen LogP contribution >= 0.6 is 0 Å². The summed E-state index contributed by atoms with van der Waals surface area (Å²) in [5, 5.41) is 8.52. The molecule has 1 heterocycles. The Kier molecular flexibility index (Phi) is 6.82. The summed E-state index contributed by atoms with van der Waals surface area (Å²) in [6, 6.07) is 2.07. The van der Waals surface area contributed by atoms with Crippen LogP contribution in [0.3, 0.4) is 0 Å². The van der Waals surface area contributed by atoms with E-state index in [-0.39, 0.29) is 5.91 Å². The van der Waals surface area contributed by atoms with Crippen molar-refractivity contribution in [3.8, 4) is 6.07 Å². The van der Waals surface area contributed by atoms with Gasteiger partial charge >= 0.3 is 0 Å². The summed E-state index contributed by atoms with van der Waals surface area (Å²) in [6.45, 7) is 10.7. The first kappa shape index (κ1) is 15.9. The minimum absolute atomic E-state index is 0.118. The Morgan fingerprint density at radius 3 is 2.37 bits per heavy atom. The topological polar surface area (TPSA) is 50.6 Å². The van der Waals surface area contributed by atoms with Gasteiger partial charge in [0.05, 0.1) is 19.0 Å². The SMILES string of the molecule is CC(C)CN1CCN(CC(=O)N(C)CCC#N)CC1. The first-order valence-electron chi connectivity index (χ1n) is 7.08. The summed E-state index contributed by atoms with van der Waals surface area (Å²) in [6.07, 6.45) is 0.407. The molecule has 5 nitrogen and oxygen atoms in total. The van der Waals surface area contributed by atoms with E-state index in [4.69, 9.17) is 5.26 Å². The Morgan fingerprint density at radius 1 is 1.26 bits per heavy atom. The number of carbonyl (C=O) groups is 1. The highest BCUT2D eigenvalue weighted by atomic mass is 16.2. The molecule has 1 fully saturated rings. The van der Waals surface area contributed by atoms with E-state index in [2.05, 4.69) is 29.7 Å². The van der Waals surface area contributed by atoms with E-state index in [1.165, 1.54) is 0 Å². The smallest absolute Gasteiger partial charge is 0.236 e. The average Bonchev–Trinajstić information content (AvgIpc) is 2.37. The van der Waals surface area contributed by atoms with Crippen LogP contribution in [0.4, 0.5) is 0 Å². The molecule has 1 amide bonds. The molecule has 0 aliphatic carbocycles. The summed E-state index contributed by atoms with van der Waals surface area (Å²) >= 11 is 0. The van der Waals surface area contributed by atoms with Crippen LogP contribution in [-0.4, -0.2) is 73.5 Å². The van der Waals surface area contributed by atoms with E-state index in [1.807, 2.05) is 0 Å². The van der Waals surface area contributed by atoms with Crippen LogP contribution in [-0.2, 0) is 4.79 Å². The maximum Gasteiger partial charge on any atom is 0.236 e. The van der Waals surface area contributed by atoms with Gasteiger partial charge in [-0.05, 0) is 5.92 Å². The van der Waals surface area contributed by atoms with Gasteiger partial charge in [0.2, 0.25) is 5.91 Å². The van der Waals surface area contributed by atoms with E-state index in [0.717, 1.165) is 32.7 Å². The summed E-state index contributed by atoms with van der Waals surface area (Å²) in [7, 11) is 1.77. The molecule has 1 rings (SSSR count). The Bertz CT molecular complexity index is 316. The van der Waals surface area contributed by atoms with Crippen molar-refractivity contribution in [3.63, 3.8) is 0 Å². The van der Waals surface area contributed by atoms with Crippen LogP contribution in [0.25, 0.3) is 0 Å². The number of hydrogen-bond acceptors (Lipinski definition) is 4. The summed E-state index contributed by atoms with van der Waals surface area (Å²) in [4.78, 5) is 18.3. The lowest BCUT2D eigenvalue weighted by Crippen LogP contribution is -2.50. The van der Waals surface area contributed by atoms with Gasteiger partial charge in [-0.15, -0.1) is 0 Å². The van der Waals surface area contributed by atoms with Gasteiger partial charge in [-0.3, -0.25) is 9.69 Å². The average molecular weight is 266 g/mol. The van der Waals surface area contributed by atoms with Crippen LogP contribution in [0.1, 0.15) is 20.3 Å². The van der Waals surface area contributed by atoms with E-state index in [9.17, 15) is 4.79 Å². The third kappa shape index (κ3) is 6.04. The van der Waals surface area contributed by atoms with Crippen molar-refractivity contribution in [1.82, 2.24) is 14.7 Å². The summed E-state index contributed by atoms with van der Waals surface area (Å²) in [5.41, 5.74) is 0. The predicted molar refractivity (Wildman–Crippen MR) is 75.6 cm³/mol. The lowest BCUT2D eigenvalue weighted by atomic mass is 10.2. The quantitative estimate of drug-likeness (QED) is 0.707. The van der Waals surface area contributed by atoms with Gasteiger partial charge < -0.3 is 9.80 Å². The van der Waals surface area contributed by atoms with Gasteiger partial charge in [0.1, 0.15) is 0 Å². The standard InChI is InChI=1S/C14H26N4O/c1-13(2)11-17-7-9-18(10-8-17)12-14(19)16(3)6-4-5-15/h13H,4,6-12H2,1-3H3. The van der Waals surface area contributed by atoms with Crippen LogP contribution in [0.2, 0.25) is 0 Å². The Morgan fingerprint density at radius 2 is 1.84 bits per heavy atom. The van der Waals surface area contributed by atoms with Crippen LogP contribution in [0.5, 0.6) is 0 Å². The minimum Gasteiger partial charge on any atom is -0.344 e. The zero-order valence-corrected chi connectivity index (χ0v) is 12.4. The molecule has 0 bridgehead atoms. The molecule has 0 aromatic heterocycles. The summed E-state index contributed by atoms with van der Waals surface area (Å²) < 4.78 is 0. The van der Waals surface area contributed by atoms with E-state index >= 15 is 0 Å². The molecule has 0 aromatic carbocycles. The molecule has 0 unspecified atom stereocenters. The molecule has 0 saturated carbocycles. The Hall–Kier alpha value is -1.12. The fraction of sp³-hybridized carbons (Fsp3) is 0.857. The number of likely N-dealkylation sites (N-methyl/N-ethyl adjacent to an activating group) is 1. The van der Waals surface area contributed by atoms with Gasteiger partial charge in [0.25, 0.3) is 0 Å². The second-order valence-electron chi connectivity index (χ2n) is 5.69. The molecule has 108 valence electrons. The van der Waals surface area contributed by atoms with Crippen molar-refractivity contribution in [2.75, 3.05) is 52.9 Å². The number of carbonyl (C=O) groups excluding carboxylic acids is 1. The number of nitriles is 1. The molecule has 1 aliphatic heterocycles. The van der Waals surface area contributed by atoms with Crippen LogP contribution in [0, 0.1) is 17.2 Å². The molecule has 19 heavy (non-hydrogen) atoms. The molecule has 5 heteroatoms. The van der Waals surface area contributed by atoms with Gasteiger partial charge in [0.15, 0.2) is 0 Å². The third-order valence-corrected chi connectivity index (χ3v) is 3.43. The predicted octanol–water partition coefficient (Wildman–Crippen LogP) is 0.632. The zero-order valence-electron chi connectivity index (χ0n) is 12.4. The normalized spacial score (nSPS) is 17.4. The molecule has 0 radical (unpaired) electrons. The fourth-order valence-electron chi connectivity index (χ4n) is 2.30. The highest BCUT2D eigenvalue weighted by Gasteiger charge is 2.20. The van der Waals surface area contributed by atoms with Crippen LogP contribution < -0.4 is 0 Å². The minimum atomic E-state index is 0.118. The zero-order chi connectivity index (χ0) is 14.3. The van der Waals surface area contributed by atoms with Gasteiger partial charge in [-0.2, -0.15) is 5.26 Å². The number of piperazine rings is 1. The number of rotatable bonds is 6. The lowest BCUT2D eigenvalue weighted by molar-refractivity contribution is -0.131. The second-order valence-corrected chi connectivity index (χ2v) is 5.69. The van der Waals surface area contributed by atoms with Crippen molar-refractivity contribution in [2.24, 2.45) is 5.92 Å². The van der Waals surface area contributed by atoms with Crippen molar-refractivity contribution in [3.05, 3.63) is 0 Å². The number of amides is 1. The Balaban J connectivity index is 2.25. The number of nitrogens with zero attached hydrogens (tertiary/aromatic N) is 4. The van der Waals surface area contributed by atoms with Gasteiger partial charge in [0, 0.05) is 46.3 Å². The van der Waals surface area contributed by atoms with Gasteiger partial charge in [-0.25, -0.2) is 0 Å². The molecule has 0 N–H and O–H groups in total. The van der Waals surface area contributed by atoms with E-state index in [1.54, 1.807) is 11.9 Å². The molecular formula is C14H26N4O. The highest BCUT2D eigenvalue weighted by molar-refractivity contribution is 5.78. The van der Waals surface area contributed by atoms with Crippen molar-refractivity contribution in [2.45, 2.75) is 20.3 Å². The largest absolute Gasteiger partial charge is 0.344 e. The van der Waals surface area contributed by atoms with Crippen molar-refractivity contribution >= 4 is 5.91 Å². The van der Waals surface area contributed by atoms with Crippen molar-refractivity contribution < 1.29 is 4.79 Å². The molecule has 0 atom stereocenters. The first-order valence-corrected chi connectivity index (χ1v) is 7.08. The maximum atomic E-state index is 11.9. The molecule has 0 aromatic rings. The molecule has 1 saturated heterocycles. The lowest BCUT2D eigenvalue weighted by Gasteiger charge is -2.35. The van der Waals surface area contributed by atoms with E-state index in [0.29, 0.717) is 25.4 Å². The third-order valence-electron chi connectivity index (χ3n) is 3.43. The second kappa shape index (κ2) is 8.13. The molecule has 0 spiro atoms. The van der Waals surface area contributed by atoms with Crippen LogP contribution in [0.15, 0.2) is 0 Å². The first-order chi connectivity index (χ1) is 9.02. The van der Waals surface area contributed by atoms with Gasteiger partial charge in [-0.1, -0.05) is 13.8 Å². The van der Waals surface area contributed by atoms with E-state index < -0.39 is 0 Å². The fourth-order valence-corrected chi connectivity index (χ4v) is 2.30. The monoisotopic (exact) mass is 266 g/mol. The van der Waals surface area contributed by atoms with Crippen molar-refractivity contribution in [1.29, 1.82) is 5.26 Å². The maximum absolute atomic E-state index is 11.9.